The number of nitrogens with zero attached hydrogens (tertiary/aromatic N) is 2. The molecule has 1 heterocycles. The second kappa shape index (κ2) is 4.91. The van der Waals surface area contributed by atoms with Crippen molar-refractivity contribution < 1.29 is 4.63 Å². The van der Waals surface area contributed by atoms with E-state index in [1.165, 1.54) is 0 Å². The van der Waals surface area contributed by atoms with Crippen molar-refractivity contribution in [2.75, 3.05) is 0 Å². The highest BCUT2D eigenvalue weighted by atomic mass is 79.9. The predicted octanol–water partition coefficient (Wildman–Crippen LogP) is 4.79. The summed E-state index contributed by atoms with van der Waals surface area (Å²) in [4.78, 5) is 2.09. The molecule has 3 rings (SSSR count). The van der Waals surface area contributed by atoms with Crippen LogP contribution in [0.5, 0.6) is 0 Å². The second-order valence-electron chi connectivity index (χ2n) is 3.56. The number of halogens is 2. The van der Waals surface area contributed by atoms with Crippen molar-refractivity contribution in [3.8, 4) is 0 Å². The average Bonchev–Trinajstić information content (AvgIpc) is 2.86. The fourth-order valence-corrected chi connectivity index (χ4v) is 2.87. The molecule has 0 amide bonds. The SMILES string of the molecule is Clc1ccc(Sc2ccc(Br)cc2)c2nonc12. The summed E-state index contributed by atoms with van der Waals surface area (Å²) in [7, 11) is 0. The van der Waals surface area contributed by atoms with E-state index >= 15 is 0 Å². The molecule has 2 aromatic carbocycles. The summed E-state index contributed by atoms with van der Waals surface area (Å²) in [5.41, 5.74) is 1.29. The average molecular weight is 342 g/mol. The van der Waals surface area contributed by atoms with Gasteiger partial charge in [-0.1, -0.05) is 39.3 Å². The predicted molar refractivity (Wildman–Crippen MR) is 75.1 cm³/mol. The van der Waals surface area contributed by atoms with Crippen molar-refractivity contribution in [1.82, 2.24) is 10.3 Å². The molecule has 90 valence electrons. The van der Waals surface area contributed by atoms with E-state index < -0.39 is 0 Å². The van der Waals surface area contributed by atoms with Crippen LogP contribution in [0, 0.1) is 0 Å². The molecule has 0 atom stereocenters. The maximum atomic E-state index is 6.02. The second-order valence-corrected chi connectivity index (χ2v) is 6.00. The summed E-state index contributed by atoms with van der Waals surface area (Å²) in [6, 6.07) is 11.8. The van der Waals surface area contributed by atoms with Crippen LogP contribution >= 0.6 is 39.3 Å². The van der Waals surface area contributed by atoms with Crippen LogP contribution in [0.1, 0.15) is 0 Å². The first-order chi connectivity index (χ1) is 8.74. The lowest BCUT2D eigenvalue weighted by Gasteiger charge is -2.02. The van der Waals surface area contributed by atoms with Crippen LogP contribution in [0.25, 0.3) is 11.0 Å². The molecule has 0 N–H and O–H groups in total. The number of hydrogen-bond acceptors (Lipinski definition) is 4. The first-order valence-electron chi connectivity index (χ1n) is 5.08. The van der Waals surface area contributed by atoms with Gasteiger partial charge in [0, 0.05) is 14.3 Å². The van der Waals surface area contributed by atoms with E-state index in [9.17, 15) is 0 Å². The standard InChI is InChI=1S/C12H6BrClN2OS/c13-7-1-3-8(4-2-7)18-10-6-5-9(14)11-12(10)16-17-15-11/h1-6H. The van der Waals surface area contributed by atoms with Gasteiger partial charge in [0.25, 0.3) is 0 Å². The Morgan fingerprint density at radius 2 is 1.72 bits per heavy atom. The minimum Gasteiger partial charge on any atom is -0.243 e. The molecule has 0 unspecified atom stereocenters. The summed E-state index contributed by atoms with van der Waals surface area (Å²) < 4.78 is 5.79. The van der Waals surface area contributed by atoms with Gasteiger partial charge in [-0.25, -0.2) is 4.63 Å². The Hall–Kier alpha value is -1.04. The Balaban J connectivity index is 2.02. The number of hydrogen-bond donors (Lipinski definition) is 0. The van der Waals surface area contributed by atoms with E-state index in [0.29, 0.717) is 16.1 Å². The van der Waals surface area contributed by atoms with Crippen molar-refractivity contribution >= 4 is 50.3 Å². The van der Waals surface area contributed by atoms with E-state index in [1.54, 1.807) is 17.8 Å². The van der Waals surface area contributed by atoms with Gasteiger partial charge in [0.2, 0.25) is 0 Å². The highest BCUT2D eigenvalue weighted by molar-refractivity contribution is 9.10. The molecule has 0 aliphatic heterocycles. The summed E-state index contributed by atoms with van der Waals surface area (Å²) in [6.07, 6.45) is 0. The maximum absolute atomic E-state index is 6.02. The Morgan fingerprint density at radius 3 is 2.50 bits per heavy atom. The quantitative estimate of drug-likeness (QED) is 0.672. The monoisotopic (exact) mass is 340 g/mol. The zero-order valence-electron chi connectivity index (χ0n) is 8.93. The molecule has 18 heavy (non-hydrogen) atoms. The van der Waals surface area contributed by atoms with Gasteiger partial charge in [0.1, 0.15) is 0 Å². The lowest BCUT2D eigenvalue weighted by molar-refractivity contribution is 0.315. The van der Waals surface area contributed by atoms with Crippen LogP contribution in [0.4, 0.5) is 0 Å². The van der Waals surface area contributed by atoms with E-state index in [4.69, 9.17) is 16.2 Å². The van der Waals surface area contributed by atoms with Gasteiger partial charge in [-0.3, -0.25) is 0 Å². The number of fused-ring (bicyclic) bond motifs is 1. The lowest BCUT2D eigenvalue weighted by atomic mass is 10.3. The van der Waals surface area contributed by atoms with Crippen molar-refractivity contribution in [1.29, 1.82) is 0 Å². The molecule has 0 bridgehead atoms. The molecule has 1 aromatic heterocycles. The largest absolute Gasteiger partial charge is 0.243 e. The number of rotatable bonds is 2. The molecule has 0 saturated carbocycles. The van der Waals surface area contributed by atoms with Crippen molar-refractivity contribution in [2.24, 2.45) is 0 Å². The van der Waals surface area contributed by atoms with Gasteiger partial charge in [-0.05, 0) is 46.7 Å². The van der Waals surface area contributed by atoms with Gasteiger partial charge in [0.05, 0.1) is 5.02 Å². The Labute approximate surface area is 121 Å². The zero-order chi connectivity index (χ0) is 12.5. The highest BCUT2D eigenvalue weighted by Gasteiger charge is 2.11. The zero-order valence-corrected chi connectivity index (χ0v) is 12.1. The highest BCUT2D eigenvalue weighted by Crippen LogP contribution is 2.35. The molecule has 6 heteroatoms. The van der Waals surface area contributed by atoms with Gasteiger partial charge in [0.15, 0.2) is 11.0 Å². The molecule has 0 fully saturated rings. The lowest BCUT2D eigenvalue weighted by Crippen LogP contribution is -1.79. The van der Waals surface area contributed by atoms with Crippen LogP contribution < -0.4 is 0 Å². The van der Waals surface area contributed by atoms with E-state index in [0.717, 1.165) is 14.3 Å². The molecule has 0 aliphatic rings. The van der Waals surface area contributed by atoms with Crippen LogP contribution in [0.3, 0.4) is 0 Å². The summed E-state index contributed by atoms with van der Waals surface area (Å²) >= 11 is 11.0. The fourth-order valence-electron chi connectivity index (χ4n) is 1.53. The van der Waals surface area contributed by atoms with E-state index in [2.05, 4.69) is 26.2 Å². The summed E-state index contributed by atoms with van der Waals surface area (Å²) in [6.45, 7) is 0. The van der Waals surface area contributed by atoms with Crippen molar-refractivity contribution in [3.63, 3.8) is 0 Å². The molecule has 3 nitrogen and oxygen atoms in total. The van der Waals surface area contributed by atoms with Crippen LogP contribution in [0.15, 0.2) is 55.3 Å². The topological polar surface area (TPSA) is 38.9 Å². The van der Waals surface area contributed by atoms with Crippen molar-refractivity contribution in [3.05, 3.63) is 45.9 Å². The van der Waals surface area contributed by atoms with E-state index in [-0.39, 0.29) is 0 Å². The van der Waals surface area contributed by atoms with Crippen LogP contribution in [-0.2, 0) is 0 Å². The third-order valence-electron chi connectivity index (χ3n) is 2.37. The summed E-state index contributed by atoms with van der Waals surface area (Å²) in [5.74, 6) is 0. The fraction of sp³-hybridized carbons (Fsp3) is 0. The third kappa shape index (κ3) is 2.25. The van der Waals surface area contributed by atoms with Gasteiger partial charge < -0.3 is 0 Å². The Kier molecular flexibility index (Phi) is 3.28. The Morgan fingerprint density at radius 1 is 1.00 bits per heavy atom. The van der Waals surface area contributed by atoms with Crippen molar-refractivity contribution in [2.45, 2.75) is 9.79 Å². The Bertz CT molecular complexity index is 699. The van der Waals surface area contributed by atoms with Crippen LogP contribution in [-0.4, -0.2) is 10.3 Å². The molecular weight excluding hydrogens is 336 g/mol. The van der Waals surface area contributed by atoms with Gasteiger partial charge in [-0.15, -0.1) is 0 Å². The first-order valence-corrected chi connectivity index (χ1v) is 7.07. The smallest absolute Gasteiger partial charge is 0.154 e. The minimum absolute atomic E-state index is 0.548. The van der Waals surface area contributed by atoms with E-state index in [1.807, 2.05) is 30.3 Å². The maximum Gasteiger partial charge on any atom is 0.154 e. The minimum atomic E-state index is 0.548. The number of aromatic nitrogens is 2. The van der Waals surface area contributed by atoms with Crippen LogP contribution in [0.2, 0.25) is 5.02 Å². The first kappa shape index (κ1) is 12.0. The third-order valence-corrected chi connectivity index (χ3v) is 4.26. The normalized spacial score (nSPS) is 11.0. The molecule has 3 aromatic rings. The van der Waals surface area contributed by atoms with Gasteiger partial charge >= 0.3 is 0 Å². The molecule has 0 saturated heterocycles. The molecule has 0 spiro atoms. The molecule has 0 aliphatic carbocycles. The molecule has 0 radical (unpaired) electrons. The molecular formula is C12H6BrClN2OS. The summed E-state index contributed by atoms with van der Waals surface area (Å²) in [5, 5.41) is 8.24. The van der Waals surface area contributed by atoms with Gasteiger partial charge in [-0.2, -0.15) is 0 Å². The number of benzene rings is 2.